The van der Waals surface area contributed by atoms with Gasteiger partial charge in [-0.15, -0.1) is 11.3 Å². The molecule has 4 heteroatoms. The summed E-state index contributed by atoms with van der Waals surface area (Å²) in [5.41, 5.74) is 2.58. The number of hydrogen-bond donors (Lipinski definition) is 2. The lowest BCUT2D eigenvalue weighted by Gasteiger charge is -2.18. The van der Waals surface area contributed by atoms with Gasteiger partial charge in [0.25, 0.3) is 0 Å². The van der Waals surface area contributed by atoms with Crippen molar-refractivity contribution in [3.05, 3.63) is 57.8 Å². The molecule has 1 aromatic carbocycles. The number of guanidine groups is 1. The Balaban J connectivity index is 1.91. The number of aliphatic imine (C=N–C) groups is 1. The minimum absolute atomic E-state index is 0.229. The van der Waals surface area contributed by atoms with Gasteiger partial charge in [-0.2, -0.15) is 0 Å². The predicted molar refractivity (Wildman–Crippen MR) is 87.2 cm³/mol. The van der Waals surface area contributed by atoms with E-state index in [0.717, 1.165) is 12.5 Å². The van der Waals surface area contributed by atoms with E-state index in [1.807, 2.05) is 6.07 Å². The maximum Gasteiger partial charge on any atom is 0.191 e. The van der Waals surface area contributed by atoms with Gasteiger partial charge >= 0.3 is 0 Å². The molecule has 0 fully saturated rings. The summed E-state index contributed by atoms with van der Waals surface area (Å²) in [4.78, 5) is 5.63. The molecule has 0 saturated carbocycles. The molecule has 0 radical (unpaired) electrons. The van der Waals surface area contributed by atoms with Crippen LogP contribution in [0.2, 0.25) is 0 Å². The fourth-order valence-corrected chi connectivity index (χ4v) is 2.82. The van der Waals surface area contributed by atoms with Crippen LogP contribution in [0.4, 0.5) is 0 Å². The van der Waals surface area contributed by atoms with Gasteiger partial charge in [-0.3, -0.25) is 4.99 Å². The van der Waals surface area contributed by atoms with Crippen LogP contribution in [0.1, 0.15) is 29.0 Å². The zero-order valence-electron chi connectivity index (χ0n) is 12.2. The van der Waals surface area contributed by atoms with Gasteiger partial charge in [0, 0.05) is 11.9 Å². The van der Waals surface area contributed by atoms with Gasteiger partial charge in [-0.25, -0.2) is 0 Å². The lowest BCUT2D eigenvalue weighted by Crippen LogP contribution is -2.38. The molecule has 0 bridgehead atoms. The number of thiophene rings is 1. The number of nitrogens with zero attached hydrogens (tertiary/aromatic N) is 1. The maximum atomic E-state index is 4.28. The van der Waals surface area contributed by atoms with Crippen LogP contribution in [0, 0.1) is 6.92 Å². The van der Waals surface area contributed by atoms with Gasteiger partial charge in [-0.1, -0.05) is 30.3 Å². The molecule has 0 aliphatic heterocycles. The molecule has 2 N–H and O–H groups in total. The number of rotatable bonds is 4. The van der Waals surface area contributed by atoms with E-state index in [1.165, 1.54) is 16.0 Å². The van der Waals surface area contributed by atoms with E-state index in [2.05, 4.69) is 65.2 Å². The minimum atomic E-state index is 0.229. The average Bonchev–Trinajstić information content (AvgIpc) is 2.89. The van der Waals surface area contributed by atoms with Crippen LogP contribution in [-0.4, -0.2) is 13.0 Å². The van der Waals surface area contributed by atoms with Crippen molar-refractivity contribution in [3.8, 4) is 0 Å². The quantitative estimate of drug-likeness (QED) is 0.667. The summed E-state index contributed by atoms with van der Waals surface area (Å²) in [6, 6.07) is 12.7. The lowest BCUT2D eigenvalue weighted by atomic mass is 10.1. The van der Waals surface area contributed by atoms with Crippen LogP contribution >= 0.6 is 11.3 Å². The van der Waals surface area contributed by atoms with Crippen molar-refractivity contribution in [2.45, 2.75) is 26.4 Å². The monoisotopic (exact) mass is 287 g/mol. The average molecular weight is 287 g/mol. The molecular weight excluding hydrogens is 266 g/mol. The van der Waals surface area contributed by atoms with Crippen LogP contribution < -0.4 is 10.6 Å². The van der Waals surface area contributed by atoms with E-state index < -0.39 is 0 Å². The van der Waals surface area contributed by atoms with E-state index in [1.54, 1.807) is 18.4 Å². The molecule has 2 rings (SSSR count). The van der Waals surface area contributed by atoms with Crippen molar-refractivity contribution in [1.29, 1.82) is 0 Å². The Morgan fingerprint density at radius 2 is 2.00 bits per heavy atom. The van der Waals surface area contributed by atoms with E-state index in [9.17, 15) is 0 Å². The van der Waals surface area contributed by atoms with Gasteiger partial charge in [-0.05, 0) is 36.4 Å². The Morgan fingerprint density at radius 3 is 2.60 bits per heavy atom. The number of aryl methyl sites for hydroxylation is 1. The summed E-state index contributed by atoms with van der Waals surface area (Å²) in [5.74, 6) is 0.828. The second-order valence-corrected chi connectivity index (χ2v) is 5.73. The molecule has 1 atom stereocenters. The van der Waals surface area contributed by atoms with Crippen LogP contribution in [0.5, 0.6) is 0 Å². The molecule has 0 amide bonds. The summed E-state index contributed by atoms with van der Waals surface area (Å²) in [6.07, 6.45) is 0. The Morgan fingerprint density at radius 1 is 1.25 bits per heavy atom. The molecule has 0 saturated heterocycles. The van der Waals surface area contributed by atoms with Gasteiger partial charge in [0.05, 0.1) is 12.6 Å². The van der Waals surface area contributed by atoms with Gasteiger partial charge < -0.3 is 10.6 Å². The third-order valence-electron chi connectivity index (χ3n) is 3.26. The fraction of sp³-hybridized carbons (Fsp3) is 0.312. The predicted octanol–water partition coefficient (Wildman–Crippen LogP) is 3.48. The third kappa shape index (κ3) is 3.84. The van der Waals surface area contributed by atoms with Crippen LogP contribution in [0.3, 0.4) is 0 Å². The topological polar surface area (TPSA) is 36.4 Å². The van der Waals surface area contributed by atoms with E-state index >= 15 is 0 Å². The van der Waals surface area contributed by atoms with Crippen LogP contribution in [0.15, 0.2) is 46.8 Å². The molecule has 0 spiro atoms. The molecule has 106 valence electrons. The third-order valence-corrected chi connectivity index (χ3v) is 4.28. The number of hydrogen-bond acceptors (Lipinski definition) is 2. The standard InChI is InChI=1S/C16H21N3S/c1-12-9-10-20-15(12)11-18-16(17-3)19-13(2)14-7-5-4-6-8-14/h4-10,13H,11H2,1-3H3,(H2,17,18,19). The summed E-state index contributed by atoms with van der Waals surface area (Å²) >= 11 is 1.77. The van der Waals surface area contributed by atoms with Gasteiger partial charge in [0.1, 0.15) is 0 Å². The first-order valence-electron chi connectivity index (χ1n) is 6.76. The molecule has 1 unspecified atom stereocenters. The van der Waals surface area contributed by atoms with Crippen LogP contribution in [-0.2, 0) is 6.54 Å². The van der Waals surface area contributed by atoms with Crippen molar-refractivity contribution < 1.29 is 0 Å². The molecular formula is C16H21N3S. The Bertz CT molecular complexity index is 560. The summed E-state index contributed by atoms with van der Waals surface area (Å²) < 4.78 is 0. The number of benzene rings is 1. The normalized spacial score (nSPS) is 13.1. The highest BCUT2D eigenvalue weighted by atomic mass is 32.1. The minimum Gasteiger partial charge on any atom is -0.351 e. The zero-order valence-corrected chi connectivity index (χ0v) is 13.0. The molecule has 0 aliphatic carbocycles. The van der Waals surface area contributed by atoms with E-state index in [4.69, 9.17) is 0 Å². The molecule has 20 heavy (non-hydrogen) atoms. The highest BCUT2D eigenvalue weighted by Crippen LogP contribution is 2.15. The molecule has 1 aromatic heterocycles. The second kappa shape index (κ2) is 7.10. The molecule has 3 nitrogen and oxygen atoms in total. The highest BCUT2D eigenvalue weighted by molar-refractivity contribution is 7.10. The molecule has 0 aliphatic rings. The van der Waals surface area contributed by atoms with Crippen molar-refractivity contribution in [2.24, 2.45) is 4.99 Å². The molecule has 1 heterocycles. The SMILES string of the molecule is CN=C(NCc1sccc1C)NC(C)c1ccccc1. The number of nitrogens with one attached hydrogen (secondary N) is 2. The van der Waals surface area contributed by atoms with Crippen LogP contribution in [0.25, 0.3) is 0 Å². The second-order valence-electron chi connectivity index (χ2n) is 4.73. The van der Waals surface area contributed by atoms with Crippen molar-refractivity contribution in [2.75, 3.05) is 7.05 Å². The summed E-state index contributed by atoms with van der Waals surface area (Å²) in [5, 5.41) is 8.89. The molecule has 2 aromatic rings. The van der Waals surface area contributed by atoms with Gasteiger partial charge in [0.15, 0.2) is 5.96 Å². The fourth-order valence-electron chi connectivity index (χ4n) is 1.97. The first kappa shape index (κ1) is 14.6. The van der Waals surface area contributed by atoms with Crippen molar-refractivity contribution in [1.82, 2.24) is 10.6 Å². The maximum absolute atomic E-state index is 4.28. The Labute approximate surface area is 124 Å². The first-order valence-corrected chi connectivity index (χ1v) is 7.63. The van der Waals surface area contributed by atoms with E-state index in [-0.39, 0.29) is 6.04 Å². The first-order chi connectivity index (χ1) is 9.70. The largest absolute Gasteiger partial charge is 0.351 e. The Hall–Kier alpha value is -1.81. The zero-order chi connectivity index (χ0) is 14.4. The summed E-state index contributed by atoms with van der Waals surface area (Å²) in [7, 11) is 1.80. The highest BCUT2D eigenvalue weighted by Gasteiger charge is 2.07. The Kier molecular flexibility index (Phi) is 5.18. The summed E-state index contributed by atoms with van der Waals surface area (Å²) in [6.45, 7) is 5.08. The van der Waals surface area contributed by atoms with E-state index in [0.29, 0.717) is 0 Å². The smallest absolute Gasteiger partial charge is 0.191 e. The lowest BCUT2D eigenvalue weighted by molar-refractivity contribution is 0.686. The van der Waals surface area contributed by atoms with Gasteiger partial charge in [0.2, 0.25) is 0 Å². The van der Waals surface area contributed by atoms with Crippen molar-refractivity contribution in [3.63, 3.8) is 0 Å². The van der Waals surface area contributed by atoms with Crippen molar-refractivity contribution >= 4 is 17.3 Å².